The number of nitrogens with zero attached hydrogens (tertiary/aromatic N) is 1. The van der Waals surface area contributed by atoms with Crippen molar-refractivity contribution in [2.75, 3.05) is 11.5 Å². The van der Waals surface area contributed by atoms with Crippen LogP contribution in [0.2, 0.25) is 5.02 Å². The van der Waals surface area contributed by atoms with Crippen LogP contribution in [0.3, 0.4) is 0 Å². The molecule has 2 aromatic rings. The predicted octanol–water partition coefficient (Wildman–Crippen LogP) is 2.12. The Morgan fingerprint density at radius 2 is 1.96 bits per heavy atom. The number of esters is 1. The van der Waals surface area contributed by atoms with Crippen molar-refractivity contribution in [2.24, 2.45) is 5.14 Å². The van der Waals surface area contributed by atoms with Gasteiger partial charge < -0.3 is 9.64 Å². The predicted molar refractivity (Wildman–Crippen MR) is 100 cm³/mol. The zero-order valence-electron chi connectivity index (χ0n) is 14.4. The molecule has 0 unspecified atom stereocenters. The lowest BCUT2D eigenvalue weighted by atomic mass is 10.1. The number of carbonyl (C=O) groups is 2. The molecule has 0 spiro atoms. The van der Waals surface area contributed by atoms with Crippen LogP contribution in [0.5, 0.6) is 0 Å². The fraction of sp³-hybridized carbons (Fsp3) is 0.222. The van der Waals surface area contributed by atoms with Gasteiger partial charge >= 0.3 is 5.97 Å². The van der Waals surface area contributed by atoms with Gasteiger partial charge in [-0.15, -0.1) is 0 Å². The van der Waals surface area contributed by atoms with Gasteiger partial charge in [-0.25, -0.2) is 18.4 Å². The Kier molecular flexibility index (Phi) is 5.23. The van der Waals surface area contributed by atoms with E-state index >= 15 is 0 Å². The summed E-state index contributed by atoms with van der Waals surface area (Å²) in [6.45, 7) is 1.45. The molecule has 2 N–H and O–H groups in total. The van der Waals surface area contributed by atoms with Gasteiger partial charge in [0.1, 0.15) is 4.90 Å². The average molecular weight is 409 g/mol. The van der Waals surface area contributed by atoms with Gasteiger partial charge in [-0.1, -0.05) is 29.8 Å². The topological polar surface area (TPSA) is 107 Å². The Morgan fingerprint density at radius 3 is 2.67 bits per heavy atom. The van der Waals surface area contributed by atoms with Crippen LogP contribution in [0.4, 0.5) is 5.69 Å². The minimum Gasteiger partial charge on any atom is -0.452 e. The standard InChI is InChI=1S/C18H17ClN2O5S/c1-11-8-12-4-2-3-5-15(12)21(11)17(22)10-26-18(23)13-6-7-14(19)16(9-13)27(20,24)25/h2-7,9,11H,8,10H2,1H3,(H2,20,24,25)/t11-/m0/s1. The van der Waals surface area contributed by atoms with Crippen molar-refractivity contribution < 1.29 is 22.7 Å². The van der Waals surface area contributed by atoms with E-state index in [9.17, 15) is 18.0 Å². The van der Waals surface area contributed by atoms with E-state index in [1.165, 1.54) is 12.1 Å². The van der Waals surface area contributed by atoms with Gasteiger partial charge in [0.25, 0.3) is 5.91 Å². The maximum absolute atomic E-state index is 12.5. The van der Waals surface area contributed by atoms with E-state index in [4.69, 9.17) is 21.5 Å². The smallest absolute Gasteiger partial charge is 0.338 e. The van der Waals surface area contributed by atoms with Crippen molar-refractivity contribution >= 4 is 39.2 Å². The van der Waals surface area contributed by atoms with E-state index in [2.05, 4.69) is 0 Å². The summed E-state index contributed by atoms with van der Waals surface area (Å²) in [6, 6.07) is 11.1. The second-order valence-corrected chi connectivity index (χ2v) is 8.15. The molecule has 0 fully saturated rings. The number of primary sulfonamides is 1. The average Bonchev–Trinajstić information content (AvgIpc) is 2.94. The monoisotopic (exact) mass is 408 g/mol. The molecule has 1 aliphatic heterocycles. The molecule has 2 aromatic carbocycles. The summed E-state index contributed by atoms with van der Waals surface area (Å²) < 4.78 is 28.1. The number of nitrogens with two attached hydrogens (primary N) is 1. The number of halogens is 1. The third kappa shape index (κ3) is 3.97. The summed E-state index contributed by atoms with van der Waals surface area (Å²) in [6.07, 6.45) is 0.727. The van der Waals surface area contributed by atoms with Crippen LogP contribution >= 0.6 is 11.6 Å². The third-order valence-corrected chi connectivity index (χ3v) is 5.67. The molecular weight excluding hydrogens is 392 g/mol. The summed E-state index contributed by atoms with van der Waals surface area (Å²) >= 11 is 5.79. The zero-order chi connectivity index (χ0) is 19.8. The van der Waals surface area contributed by atoms with Crippen molar-refractivity contribution in [1.82, 2.24) is 0 Å². The van der Waals surface area contributed by atoms with Gasteiger partial charge in [0, 0.05) is 11.7 Å². The molecule has 0 aliphatic carbocycles. The Morgan fingerprint density at radius 1 is 1.26 bits per heavy atom. The molecule has 1 amide bonds. The van der Waals surface area contributed by atoms with E-state index in [0.717, 1.165) is 23.7 Å². The number of amides is 1. The van der Waals surface area contributed by atoms with Crippen LogP contribution in [-0.2, 0) is 26.0 Å². The molecule has 1 heterocycles. The summed E-state index contributed by atoms with van der Waals surface area (Å²) in [5, 5.41) is 4.96. The van der Waals surface area contributed by atoms with Crippen molar-refractivity contribution in [3.63, 3.8) is 0 Å². The fourth-order valence-corrected chi connectivity index (χ4v) is 4.15. The van der Waals surface area contributed by atoms with Crippen molar-refractivity contribution in [2.45, 2.75) is 24.3 Å². The van der Waals surface area contributed by atoms with Gasteiger partial charge in [0.05, 0.1) is 10.6 Å². The number of carbonyl (C=O) groups excluding carboxylic acids is 2. The molecule has 0 bridgehead atoms. The summed E-state index contributed by atoms with van der Waals surface area (Å²) in [7, 11) is -4.09. The number of anilines is 1. The number of benzene rings is 2. The van der Waals surface area contributed by atoms with E-state index in [1.807, 2.05) is 31.2 Å². The second kappa shape index (κ2) is 7.30. The van der Waals surface area contributed by atoms with Crippen LogP contribution in [0.15, 0.2) is 47.4 Å². The minimum atomic E-state index is -4.09. The molecule has 1 aliphatic rings. The molecule has 0 aromatic heterocycles. The summed E-state index contributed by atoms with van der Waals surface area (Å²) in [4.78, 5) is 26.0. The Hall–Kier alpha value is -2.42. The van der Waals surface area contributed by atoms with Crippen LogP contribution in [0.25, 0.3) is 0 Å². The third-order valence-electron chi connectivity index (χ3n) is 4.28. The van der Waals surface area contributed by atoms with Gasteiger partial charge in [0.2, 0.25) is 10.0 Å². The van der Waals surface area contributed by atoms with Crippen molar-refractivity contribution in [3.8, 4) is 0 Å². The number of hydrogen-bond donors (Lipinski definition) is 1. The van der Waals surface area contributed by atoms with Gasteiger partial charge in [-0.3, -0.25) is 4.79 Å². The molecule has 0 saturated carbocycles. The maximum Gasteiger partial charge on any atom is 0.338 e. The first-order valence-electron chi connectivity index (χ1n) is 8.08. The van der Waals surface area contributed by atoms with Crippen molar-refractivity contribution in [1.29, 1.82) is 0 Å². The lowest BCUT2D eigenvalue weighted by molar-refractivity contribution is -0.122. The highest BCUT2D eigenvalue weighted by Crippen LogP contribution is 2.31. The number of hydrogen-bond acceptors (Lipinski definition) is 5. The van der Waals surface area contributed by atoms with Crippen molar-refractivity contribution in [3.05, 3.63) is 58.6 Å². The first-order chi connectivity index (χ1) is 12.7. The highest BCUT2D eigenvalue weighted by molar-refractivity contribution is 7.89. The van der Waals surface area contributed by atoms with E-state index in [1.54, 1.807) is 4.90 Å². The molecule has 142 valence electrons. The zero-order valence-corrected chi connectivity index (χ0v) is 16.0. The van der Waals surface area contributed by atoms with E-state index in [-0.39, 0.29) is 27.4 Å². The Labute approximate surface area is 161 Å². The highest BCUT2D eigenvalue weighted by atomic mass is 35.5. The molecule has 3 rings (SSSR count). The summed E-state index contributed by atoms with van der Waals surface area (Å²) in [5.41, 5.74) is 1.79. The van der Waals surface area contributed by atoms with E-state index < -0.39 is 22.6 Å². The molecule has 0 saturated heterocycles. The normalized spacial score (nSPS) is 16.1. The lowest BCUT2D eigenvalue weighted by Gasteiger charge is -2.22. The Bertz CT molecular complexity index is 1020. The molecule has 27 heavy (non-hydrogen) atoms. The lowest BCUT2D eigenvalue weighted by Crippen LogP contribution is -2.38. The molecule has 9 heteroatoms. The molecule has 0 radical (unpaired) electrons. The first kappa shape index (κ1) is 19.3. The second-order valence-electron chi connectivity index (χ2n) is 6.21. The maximum atomic E-state index is 12.5. The van der Waals surface area contributed by atoms with E-state index in [0.29, 0.717) is 0 Å². The first-order valence-corrected chi connectivity index (χ1v) is 10.0. The Balaban J connectivity index is 1.72. The van der Waals surface area contributed by atoms with Gasteiger partial charge in [-0.05, 0) is 43.2 Å². The molecule has 1 atom stereocenters. The SMILES string of the molecule is C[C@H]1Cc2ccccc2N1C(=O)COC(=O)c1ccc(Cl)c(S(N)(=O)=O)c1. The number of ether oxygens (including phenoxy) is 1. The van der Waals surface area contributed by atoms with Gasteiger partial charge in [-0.2, -0.15) is 0 Å². The molecular formula is C18H17ClN2O5S. The number of sulfonamides is 1. The summed E-state index contributed by atoms with van der Waals surface area (Å²) in [5.74, 6) is -1.20. The largest absolute Gasteiger partial charge is 0.452 e. The number of para-hydroxylation sites is 1. The molecule has 7 nitrogen and oxygen atoms in total. The van der Waals surface area contributed by atoms with Crippen LogP contribution in [0.1, 0.15) is 22.8 Å². The number of fused-ring (bicyclic) bond motifs is 1. The van der Waals surface area contributed by atoms with Gasteiger partial charge in [0.15, 0.2) is 6.61 Å². The van der Waals surface area contributed by atoms with Crippen LogP contribution < -0.4 is 10.0 Å². The van der Waals surface area contributed by atoms with Crippen LogP contribution in [-0.4, -0.2) is 32.9 Å². The number of rotatable bonds is 4. The quantitative estimate of drug-likeness (QED) is 0.780. The van der Waals surface area contributed by atoms with Crippen LogP contribution in [0, 0.1) is 0 Å². The highest BCUT2D eigenvalue weighted by Gasteiger charge is 2.31. The fourth-order valence-electron chi connectivity index (χ4n) is 3.07. The minimum absolute atomic E-state index is 0.0434.